The summed E-state index contributed by atoms with van der Waals surface area (Å²) in [6.45, 7) is 2.94. The SMILES string of the molecule is Nc1nc(C2=CCCN(Cc3ccc(Cl)cc3)C2)cs1. The topological polar surface area (TPSA) is 42.1 Å². The highest BCUT2D eigenvalue weighted by Crippen LogP contribution is 2.24. The second-order valence-electron chi connectivity index (χ2n) is 4.93. The molecular weight excluding hydrogens is 290 g/mol. The molecule has 1 aliphatic rings. The molecule has 0 fully saturated rings. The summed E-state index contributed by atoms with van der Waals surface area (Å²) in [7, 11) is 0. The minimum Gasteiger partial charge on any atom is -0.375 e. The molecule has 3 rings (SSSR count). The van der Waals surface area contributed by atoms with E-state index in [1.54, 1.807) is 0 Å². The average molecular weight is 306 g/mol. The number of nitrogen functional groups attached to an aromatic ring is 1. The molecule has 0 bridgehead atoms. The summed E-state index contributed by atoms with van der Waals surface area (Å²) >= 11 is 7.42. The molecular formula is C15H16ClN3S. The van der Waals surface area contributed by atoms with Crippen molar-refractivity contribution in [3.8, 4) is 0 Å². The number of anilines is 1. The lowest BCUT2D eigenvalue weighted by atomic mass is 10.1. The van der Waals surface area contributed by atoms with Crippen molar-refractivity contribution in [2.45, 2.75) is 13.0 Å². The van der Waals surface area contributed by atoms with E-state index in [2.05, 4.69) is 28.1 Å². The van der Waals surface area contributed by atoms with Crippen LogP contribution in [0, 0.1) is 0 Å². The maximum Gasteiger partial charge on any atom is 0.180 e. The third-order valence-corrected chi connectivity index (χ3v) is 4.33. The number of nitrogens with two attached hydrogens (primary N) is 1. The molecule has 2 heterocycles. The Morgan fingerprint density at radius 3 is 2.80 bits per heavy atom. The van der Waals surface area contributed by atoms with Crippen molar-refractivity contribution in [3.63, 3.8) is 0 Å². The van der Waals surface area contributed by atoms with Crippen LogP contribution in [0.1, 0.15) is 17.7 Å². The van der Waals surface area contributed by atoms with Gasteiger partial charge in [-0.1, -0.05) is 29.8 Å². The highest BCUT2D eigenvalue weighted by Gasteiger charge is 2.16. The molecule has 2 N–H and O–H groups in total. The van der Waals surface area contributed by atoms with Gasteiger partial charge in [0, 0.05) is 30.0 Å². The number of halogens is 1. The van der Waals surface area contributed by atoms with E-state index >= 15 is 0 Å². The van der Waals surface area contributed by atoms with Gasteiger partial charge in [0.1, 0.15) is 0 Å². The summed E-state index contributed by atoms with van der Waals surface area (Å²) in [6.07, 6.45) is 3.33. The number of hydrogen-bond donors (Lipinski definition) is 1. The highest BCUT2D eigenvalue weighted by atomic mass is 35.5. The summed E-state index contributed by atoms with van der Waals surface area (Å²) in [6, 6.07) is 8.06. The fourth-order valence-electron chi connectivity index (χ4n) is 2.41. The summed E-state index contributed by atoms with van der Waals surface area (Å²) in [5.41, 5.74) is 9.29. The average Bonchev–Trinajstić information content (AvgIpc) is 2.89. The number of hydrogen-bond acceptors (Lipinski definition) is 4. The second kappa shape index (κ2) is 5.95. The van der Waals surface area contributed by atoms with E-state index in [4.69, 9.17) is 17.3 Å². The smallest absolute Gasteiger partial charge is 0.180 e. The van der Waals surface area contributed by atoms with Crippen molar-refractivity contribution in [1.29, 1.82) is 0 Å². The van der Waals surface area contributed by atoms with Gasteiger partial charge in [-0.25, -0.2) is 4.98 Å². The van der Waals surface area contributed by atoms with Gasteiger partial charge in [0.05, 0.1) is 5.69 Å². The molecule has 0 saturated heterocycles. The molecule has 104 valence electrons. The normalized spacial score (nSPS) is 16.1. The second-order valence-corrected chi connectivity index (χ2v) is 6.25. The van der Waals surface area contributed by atoms with Crippen LogP contribution in [0.25, 0.3) is 5.57 Å². The Balaban J connectivity index is 1.68. The fourth-order valence-corrected chi connectivity index (χ4v) is 3.12. The van der Waals surface area contributed by atoms with Crippen LogP contribution in [0.4, 0.5) is 5.13 Å². The van der Waals surface area contributed by atoms with Gasteiger partial charge >= 0.3 is 0 Å². The molecule has 0 spiro atoms. The Bertz CT molecular complexity index is 618. The van der Waals surface area contributed by atoms with Crippen molar-refractivity contribution in [3.05, 3.63) is 52.0 Å². The van der Waals surface area contributed by atoms with Crippen molar-refractivity contribution in [2.24, 2.45) is 0 Å². The zero-order chi connectivity index (χ0) is 13.9. The lowest BCUT2D eigenvalue weighted by molar-refractivity contribution is 0.296. The molecule has 0 atom stereocenters. The van der Waals surface area contributed by atoms with Crippen LogP contribution in [0.15, 0.2) is 35.7 Å². The predicted molar refractivity (Wildman–Crippen MR) is 85.8 cm³/mol. The fraction of sp³-hybridized carbons (Fsp3) is 0.267. The molecule has 1 aromatic carbocycles. The van der Waals surface area contributed by atoms with Crippen LogP contribution in [0.5, 0.6) is 0 Å². The number of rotatable bonds is 3. The quantitative estimate of drug-likeness (QED) is 0.941. The molecule has 0 aliphatic carbocycles. The minimum absolute atomic E-state index is 0.635. The van der Waals surface area contributed by atoms with E-state index in [0.29, 0.717) is 5.13 Å². The van der Waals surface area contributed by atoms with Crippen LogP contribution in [-0.4, -0.2) is 23.0 Å². The summed E-state index contributed by atoms with van der Waals surface area (Å²) in [5, 5.41) is 3.45. The third-order valence-electron chi connectivity index (χ3n) is 3.40. The number of benzene rings is 1. The first-order chi connectivity index (χ1) is 9.70. The molecule has 2 aromatic rings. The van der Waals surface area contributed by atoms with Gasteiger partial charge in [-0.15, -0.1) is 11.3 Å². The van der Waals surface area contributed by atoms with Crippen molar-refractivity contribution in [1.82, 2.24) is 9.88 Å². The van der Waals surface area contributed by atoms with Gasteiger partial charge in [-0.3, -0.25) is 4.90 Å². The van der Waals surface area contributed by atoms with Gasteiger partial charge in [-0.05, 0) is 29.7 Å². The van der Waals surface area contributed by atoms with Crippen LogP contribution < -0.4 is 5.73 Å². The van der Waals surface area contributed by atoms with E-state index in [1.807, 2.05) is 17.5 Å². The first kappa shape index (κ1) is 13.6. The highest BCUT2D eigenvalue weighted by molar-refractivity contribution is 7.13. The van der Waals surface area contributed by atoms with Gasteiger partial charge in [0.15, 0.2) is 5.13 Å². The first-order valence-electron chi connectivity index (χ1n) is 6.58. The largest absolute Gasteiger partial charge is 0.375 e. The Labute approximate surface area is 127 Å². The molecule has 20 heavy (non-hydrogen) atoms. The molecule has 0 saturated carbocycles. The predicted octanol–water partition coefficient (Wildman–Crippen LogP) is 3.67. The first-order valence-corrected chi connectivity index (χ1v) is 7.84. The lowest BCUT2D eigenvalue weighted by Crippen LogP contribution is -2.29. The van der Waals surface area contributed by atoms with Crippen molar-refractivity contribution in [2.75, 3.05) is 18.8 Å². The van der Waals surface area contributed by atoms with E-state index in [0.717, 1.165) is 36.8 Å². The van der Waals surface area contributed by atoms with Gasteiger partial charge < -0.3 is 5.73 Å². The van der Waals surface area contributed by atoms with E-state index in [9.17, 15) is 0 Å². The number of nitrogens with zero attached hydrogens (tertiary/aromatic N) is 2. The van der Waals surface area contributed by atoms with Gasteiger partial charge in [-0.2, -0.15) is 0 Å². The monoisotopic (exact) mass is 305 g/mol. The van der Waals surface area contributed by atoms with Gasteiger partial charge in [0.25, 0.3) is 0 Å². The maximum absolute atomic E-state index is 5.92. The Kier molecular flexibility index (Phi) is 4.05. The van der Waals surface area contributed by atoms with Crippen molar-refractivity contribution >= 4 is 33.6 Å². The van der Waals surface area contributed by atoms with Crippen LogP contribution in [0.3, 0.4) is 0 Å². The maximum atomic E-state index is 5.92. The molecule has 0 unspecified atom stereocenters. The number of thiazole rings is 1. The standard InChI is InChI=1S/C15H16ClN3S/c16-13-5-3-11(4-6-13)8-19-7-1-2-12(9-19)14-10-20-15(17)18-14/h2-6,10H,1,7-9H2,(H2,17,18). The van der Waals surface area contributed by atoms with E-state index < -0.39 is 0 Å². The summed E-state index contributed by atoms with van der Waals surface area (Å²) in [4.78, 5) is 6.80. The van der Waals surface area contributed by atoms with Gasteiger partial charge in [0.2, 0.25) is 0 Å². The Hall–Kier alpha value is -1.36. The molecule has 1 aromatic heterocycles. The number of aromatic nitrogens is 1. The lowest BCUT2D eigenvalue weighted by Gasteiger charge is -2.26. The van der Waals surface area contributed by atoms with Crippen LogP contribution >= 0.6 is 22.9 Å². The Morgan fingerprint density at radius 1 is 1.30 bits per heavy atom. The molecule has 0 amide bonds. The van der Waals surface area contributed by atoms with E-state index in [-0.39, 0.29) is 0 Å². The molecule has 5 heteroatoms. The minimum atomic E-state index is 0.635. The molecule has 0 radical (unpaired) electrons. The molecule has 3 nitrogen and oxygen atoms in total. The summed E-state index contributed by atoms with van der Waals surface area (Å²) in [5.74, 6) is 0. The van der Waals surface area contributed by atoms with Crippen LogP contribution in [-0.2, 0) is 6.54 Å². The van der Waals surface area contributed by atoms with E-state index in [1.165, 1.54) is 22.5 Å². The summed E-state index contributed by atoms with van der Waals surface area (Å²) < 4.78 is 0. The zero-order valence-electron chi connectivity index (χ0n) is 11.1. The third kappa shape index (κ3) is 3.20. The van der Waals surface area contributed by atoms with Crippen molar-refractivity contribution < 1.29 is 0 Å². The van der Waals surface area contributed by atoms with Crippen LogP contribution in [0.2, 0.25) is 5.02 Å². The Morgan fingerprint density at radius 2 is 2.10 bits per heavy atom. The molecule has 1 aliphatic heterocycles. The zero-order valence-corrected chi connectivity index (χ0v) is 12.6.